The van der Waals surface area contributed by atoms with Crippen LogP contribution in [0.3, 0.4) is 0 Å². The van der Waals surface area contributed by atoms with Crippen molar-refractivity contribution >= 4 is 28.6 Å². The number of methoxy groups -OCH3 is 1. The zero-order chi connectivity index (χ0) is 16.1. The van der Waals surface area contributed by atoms with Gasteiger partial charge in [-0.25, -0.2) is 0 Å². The smallest absolute Gasteiger partial charge is 0.248 e. The first-order valence-corrected chi connectivity index (χ1v) is 7.23. The molecular weight excluding hydrogens is 288 g/mol. The molecule has 1 heterocycles. The van der Waals surface area contributed by atoms with Crippen LogP contribution in [0.1, 0.15) is 5.56 Å². The standard InChI is InChI=1S/C19H16N2O2/c1-23-15-9-6-14(7-10-15)8-11-19(22)21-18-12-13-20-17-5-3-2-4-16(17)18/h2-13H,1H3,(H,20,21,22). The van der Waals surface area contributed by atoms with Crippen molar-refractivity contribution in [3.8, 4) is 5.75 Å². The second-order valence-corrected chi connectivity index (χ2v) is 4.97. The van der Waals surface area contributed by atoms with Gasteiger partial charge in [-0.1, -0.05) is 30.3 Å². The minimum absolute atomic E-state index is 0.183. The monoisotopic (exact) mass is 304 g/mol. The Bertz CT molecular complexity index is 849. The van der Waals surface area contributed by atoms with E-state index in [1.165, 1.54) is 6.08 Å². The van der Waals surface area contributed by atoms with E-state index in [9.17, 15) is 4.79 Å². The highest BCUT2D eigenvalue weighted by Crippen LogP contribution is 2.21. The number of hydrogen-bond acceptors (Lipinski definition) is 3. The molecule has 23 heavy (non-hydrogen) atoms. The molecule has 0 radical (unpaired) electrons. The van der Waals surface area contributed by atoms with Crippen LogP contribution < -0.4 is 10.1 Å². The summed E-state index contributed by atoms with van der Waals surface area (Å²) < 4.78 is 5.11. The van der Waals surface area contributed by atoms with E-state index in [1.807, 2.05) is 48.5 Å². The van der Waals surface area contributed by atoms with Gasteiger partial charge in [-0.3, -0.25) is 9.78 Å². The molecule has 0 unspecified atom stereocenters. The van der Waals surface area contributed by atoms with Gasteiger partial charge in [0, 0.05) is 17.7 Å². The van der Waals surface area contributed by atoms with E-state index >= 15 is 0 Å². The molecular formula is C19H16N2O2. The van der Waals surface area contributed by atoms with Crippen LogP contribution in [-0.2, 0) is 4.79 Å². The summed E-state index contributed by atoms with van der Waals surface area (Å²) in [6.45, 7) is 0. The Labute approximate surface area is 134 Å². The van der Waals surface area contributed by atoms with Crippen LogP contribution in [0.25, 0.3) is 17.0 Å². The van der Waals surface area contributed by atoms with E-state index in [4.69, 9.17) is 4.74 Å². The van der Waals surface area contributed by atoms with Crippen molar-refractivity contribution in [2.45, 2.75) is 0 Å². The number of ether oxygens (including phenoxy) is 1. The predicted molar refractivity (Wildman–Crippen MR) is 92.4 cm³/mol. The van der Waals surface area contributed by atoms with Crippen LogP contribution >= 0.6 is 0 Å². The van der Waals surface area contributed by atoms with Gasteiger partial charge in [0.25, 0.3) is 0 Å². The largest absolute Gasteiger partial charge is 0.497 e. The fourth-order valence-corrected chi connectivity index (χ4v) is 2.27. The summed E-state index contributed by atoms with van der Waals surface area (Å²) in [6.07, 6.45) is 4.96. The first kappa shape index (κ1) is 14.8. The maximum Gasteiger partial charge on any atom is 0.248 e. The van der Waals surface area contributed by atoms with Crippen LogP contribution in [-0.4, -0.2) is 18.0 Å². The normalized spacial score (nSPS) is 10.8. The van der Waals surface area contributed by atoms with Crippen LogP contribution in [0.15, 0.2) is 66.9 Å². The summed E-state index contributed by atoms with van der Waals surface area (Å²) in [6, 6.07) is 17.0. The number of anilines is 1. The van der Waals surface area contributed by atoms with Gasteiger partial charge >= 0.3 is 0 Å². The summed E-state index contributed by atoms with van der Waals surface area (Å²) in [5, 5.41) is 3.81. The molecule has 0 fully saturated rings. The third-order valence-electron chi connectivity index (χ3n) is 3.45. The quantitative estimate of drug-likeness (QED) is 0.744. The molecule has 4 heteroatoms. The van der Waals surface area contributed by atoms with Crippen LogP contribution in [0.4, 0.5) is 5.69 Å². The molecule has 0 aliphatic rings. The fraction of sp³-hybridized carbons (Fsp3) is 0.0526. The molecule has 3 rings (SSSR count). The van der Waals surface area contributed by atoms with Crippen LogP contribution in [0.2, 0.25) is 0 Å². The summed E-state index contributed by atoms with van der Waals surface area (Å²) in [7, 11) is 1.62. The van der Waals surface area contributed by atoms with Crippen LogP contribution in [0.5, 0.6) is 5.75 Å². The average Bonchev–Trinajstić information content (AvgIpc) is 2.61. The Kier molecular flexibility index (Phi) is 4.34. The summed E-state index contributed by atoms with van der Waals surface area (Å²) in [5.74, 6) is 0.604. The Morgan fingerprint density at radius 3 is 2.65 bits per heavy atom. The van der Waals surface area contributed by atoms with E-state index in [1.54, 1.807) is 25.4 Å². The first-order chi connectivity index (χ1) is 11.3. The van der Waals surface area contributed by atoms with Gasteiger partial charge in [0.05, 0.1) is 18.3 Å². The Hall–Kier alpha value is -3.14. The van der Waals surface area contributed by atoms with E-state index in [-0.39, 0.29) is 5.91 Å². The molecule has 1 aromatic heterocycles. The van der Waals surface area contributed by atoms with Crippen LogP contribution in [0, 0.1) is 0 Å². The highest BCUT2D eigenvalue weighted by Gasteiger charge is 2.03. The maximum atomic E-state index is 12.1. The van der Waals surface area contributed by atoms with Crippen molar-refractivity contribution in [1.82, 2.24) is 4.98 Å². The van der Waals surface area contributed by atoms with Crippen molar-refractivity contribution in [3.05, 3.63) is 72.4 Å². The molecule has 0 aliphatic heterocycles. The first-order valence-electron chi connectivity index (χ1n) is 7.23. The number of hydrogen-bond donors (Lipinski definition) is 1. The highest BCUT2D eigenvalue weighted by atomic mass is 16.5. The zero-order valence-electron chi connectivity index (χ0n) is 12.7. The molecule has 4 nitrogen and oxygen atoms in total. The highest BCUT2D eigenvalue weighted by molar-refractivity contribution is 6.06. The molecule has 1 N–H and O–H groups in total. The lowest BCUT2D eigenvalue weighted by Crippen LogP contribution is -2.08. The van der Waals surface area contributed by atoms with Gasteiger partial charge in [0.2, 0.25) is 5.91 Å². The SMILES string of the molecule is COc1ccc(C=CC(=O)Nc2ccnc3ccccc23)cc1. The molecule has 3 aromatic rings. The second-order valence-electron chi connectivity index (χ2n) is 4.97. The van der Waals surface area contributed by atoms with Gasteiger partial charge in [-0.2, -0.15) is 0 Å². The molecule has 114 valence electrons. The molecule has 0 saturated heterocycles. The van der Waals surface area contributed by atoms with Crippen molar-refractivity contribution in [2.24, 2.45) is 0 Å². The van der Waals surface area contributed by atoms with E-state index in [2.05, 4.69) is 10.3 Å². The fourth-order valence-electron chi connectivity index (χ4n) is 2.27. The van der Waals surface area contributed by atoms with E-state index < -0.39 is 0 Å². The number of para-hydroxylation sites is 1. The number of fused-ring (bicyclic) bond motifs is 1. The number of carbonyl (C=O) groups excluding carboxylic acids is 1. The second kappa shape index (κ2) is 6.75. The van der Waals surface area contributed by atoms with Gasteiger partial charge < -0.3 is 10.1 Å². The Balaban J connectivity index is 1.74. The lowest BCUT2D eigenvalue weighted by molar-refractivity contribution is -0.111. The molecule has 0 bridgehead atoms. The minimum atomic E-state index is -0.183. The van der Waals surface area contributed by atoms with Gasteiger partial charge in [-0.15, -0.1) is 0 Å². The van der Waals surface area contributed by atoms with E-state index in [0.717, 1.165) is 27.9 Å². The summed E-state index contributed by atoms with van der Waals surface area (Å²) >= 11 is 0. The molecule has 0 saturated carbocycles. The molecule has 0 spiro atoms. The zero-order valence-corrected chi connectivity index (χ0v) is 12.7. The van der Waals surface area contributed by atoms with Crippen molar-refractivity contribution in [1.29, 1.82) is 0 Å². The number of nitrogens with one attached hydrogen (secondary N) is 1. The predicted octanol–water partition coefficient (Wildman–Crippen LogP) is 3.90. The maximum absolute atomic E-state index is 12.1. The average molecular weight is 304 g/mol. The van der Waals surface area contributed by atoms with Crippen molar-refractivity contribution in [3.63, 3.8) is 0 Å². The van der Waals surface area contributed by atoms with Gasteiger partial charge in [0.1, 0.15) is 5.75 Å². The Morgan fingerprint density at radius 1 is 1.09 bits per heavy atom. The van der Waals surface area contributed by atoms with Gasteiger partial charge in [0.15, 0.2) is 0 Å². The number of carbonyl (C=O) groups is 1. The molecule has 2 aromatic carbocycles. The summed E-state index contributed by atoms with van der Waals surface area (Å²) in [4.78, 5) is 16.4. The lowest BCUT2D eigenvalue weighted by atomic mass is 10.2. The number of rotatable bonds is 4. The van der Waals surface area contributed by atoms with E-state index in [0.29, 0.717) is 0 Å². The Morgan fingerprint density at radius 2 is 1.87 bits per heavy atom. The van der Waals surface area contributed by atoms with Crippen molar-refractivity contribution in [2.75, 3.05) is 12.4 Å². The number of pyridine rings is 1. The number of amides is 1. The number of aromatic nitrogens is 1. The third-order valence-corrected chi connectivity index (χ3v) is 3.45. The molecule has 1 amide bonds. The summed E-state index contributed by atoms with van der Waals surface area (Å²) in [5.41, 5.74) is 2.53. The topological polar surface area (TPSA) is 51.2 Å². The minimum Gasteiger partial charge on any atom is -0.497 e. The van der Waals surface area contributed by atoms with Gasteiger partial charge in [-0.05, 0) is 35.9 Å². The van der Waals surface area contributed by atoms with Crippen molar-refractivity contribution < 1.29 is 9.53 Å². The molecule has 0 aliphatic carbocycles. The molecule has 0 atom stereocenters. The number of nitrogens with zero attached hydrogens (tertiary/aromatic N) is 1. The number of benzene rings is 2. The lowest BCUT2D eigenvalue weighted by Gasteiger charge is -2.06. The third kappa shape index (κ3) is 3.55.